The number of nitrogens with zero attached hydrogens (tertiary/aromatic N) is 1. The second kappa shape index (κ2) is 3.72. The molecule has 0 aliphatic carbocycles. The van der Waals surface area contributed by atoms with Gasteiger partial charge in [0.05, 0.1) is 5.71 Å². The van der Waals surface area contributed by atoms with Crippen molar-refractivity contribution < 1.29 is 0 Å². The summed E-state index contributed by atoms with van der Waals surface area (Å²) in [4.78, 5) is 0. The first-order valence-corrected chi connectivity index (χ1v) is 4.19. The van der Waals surface area contributed by atoms with Crippen LogP contribution in [-0.2, 0) is 0 Å². The average Bonchev–Trinajstić information content (AvgIpc) is 2.47. The van der Waals surface area contributed by atoms with Gasteiger partial charge in [-0.3, -0.25) is 5.43 Å². The lowest BCUT2D eigenvalue weighted by Crippen LogP contribution is -2.01. The van der Waals surface area contributed by atoms with Crippen molar-refractivity contribution in [2.24, 2.45) is 5.10 Å². The van der Waals surface area contributed by atoms with Crippen LogP contribution in [0.1, 0.15) is 5.56 Å². The Balaban J connectivity index is 2.32. The van der Waals surface area contributed by atoms with Crippen LogP contribution in [0.2, 0.25) is 0 Å². The molecular formula is C11H10N2. The van der Waals surface area contributed by atoms with E-state index in [2.05, 4.69) is 10.5 Å². The van der Waals surface area contributed by atoms with Gasteiger partial charge in [0.2, 0.25) is 0 Å². The summed E-state index contributed by atoms with van der Waals surface area (Å²) in [5, 5.41) is 4.19. The van der Waals surface area contributed by atoms with Crippen molar-refractivity contribution in [1.82, 2.24) is 5.43 Å². The van der Waals surface area contributed by atoms with Crippen LogP contribution in [0.3, 0.4) is 0 Å². The molecule has 0 spiro atoms. The van der Waals surface area contributed by atoms with E-state index in [1.807, 2.05) is 48.6 Å². The maximum absolute atomic E-state index is 4.19. The number of benzene rings is 1. The Morgan fingerprint density at radius 2 is 1.85 bits per heavy atom. The fraction of sp³-hybridized carbons (Fsp3) is 0. The van der Waals surface area contributed by atoms with Gasteiger partial charge in [-0.2, -0.15) is 5.10 Å². The minimum atomic E-state index is 0.950. The highest BCUT2D eigenvalue weighted by atomic mass is 15.3. The summed E-state index contributed by atoms with van der Waals surface area (Å²) >= 11 is 0. The van der Waals surface area contributed by atoms with Crippen LogP contribution >= 0.6 is 0 Å². The zero-order valence-corrected chi connectivity index (χ0v) is 7.14. The van der Waals surface area contributed by atoms with E-state index in [0.29, 0.717) is 0 Å². The lowest BCUT2D eigenvalue weighted by Gasteiger charge is -1.98. The first-order valence-electron chi connectivity index (χ1n) is 4.19. The molecule has 13 heavy (non-hydrogen) atoms. The smallest absolute Gasteiger partial charge is 0.0905 e. The van der Waals surface area contributed by atoms with Crippen molar-refractivity contribution in [2.75, 3.05) is 0 Å². The third kappa shape index (κ3) is 1.85. The Kier molecular flexibility index (Phi) is 2.23. The molecule has 1 aromatic carbocycles. The molecule has 2 heteroatoms. The van der Waals surface area contributed by atoms with Crippen LogP contribution in [0.5, 0.6) is 0 Å². The first kappa shape index (κ1) is 7.80. The van der Waals surface area contributed by atoms with Gasteiger partial charge < -0.3 is 0 Å². The highest BCUT2D eigenvalue weighted by Gasteiger charge is 1.98. The van der Waals surface area contributed by atoms with Gasteiger partial charge >= 0.3 is 0 Å². The number of allylic oxidation sites excluding steroid dienone is 3. The molecule has 2 nitrogen and oxygen atoms in total. The normalized spacial score (nSPS) is 14.6. The van der Waals surface area contributed by atoms with Crippen LogP contribution in [0, 0.1) is 0 Å². The Hall–Kier alpha value is -1.83. The molecule has 64 valence electrons. The Bertz CT molecular complexity index is 361. The van der Waals surface area contributed by atoms with Gasteiger partial charge in [0.15, 0.2) is 0 Å². The number of rotatable bonds is 1. The Morgan fingerprint density at radius 1 is 1.00 bits per heavy atom. The molecule has 0 amide bonds. The van der Waals surface area contributed by atoms with Crippen LogP contribution in [-0.4, -0.2) is 5.71 Å². The van der Waals surface area contributed by atoms with Crippen LogP contribution < -0.4 is 5.43 Å². The van der Waals surface area contributed by atoms with Crippen LogP contribution in [0.25, 0.3) is 0 Å². The predicted molar refractivity (Wildman–Crippen MR) is 54.4 cm³/mol. The van der Waals surface area contributed by atoms with E-state index in [1.54, 1.807) is 6.20 Å². The van der Waals surface area contributed by atoms with E-state index in [1.165, 1.54) is 0 Å². The fourth-order valence-corrected chi connectivity index (χ4v) is 1.16. The average molecular weight is 170 g/mol. The quantitative estimate of drug-likeness (QED) is 0.685. The monoisotopic (exact) mass is 170 g/mol. The van der Waals surface area contributed by atoms with Crippen molar-refractivity contribution in [3.8, 4) is 0 Å². The number of hydrogen-bond donors (Lipinski definition) is 1. The molecule has 1 N–H and O–H groups in total. The van der Waals surface area contributed by atoms with Gasteiger partial charge in [0.1, 0.15) is 0 Å². The molecule has 0 atom stereocenters. The topological polar surface area (TPSA) is 24.4 Å². The van der Waals surface area contributed by atoms with E-state index in [0.717, 1.165) is 11.3 Å². The molecule has 1 aliphatic rings. The molecule has 0 bridgehead atoms. The van der Waals surface area contributed by atoms with Crippen molar-refractivity contribution in [2.45, 2.75) is 0 Å². The highest BCUT2D eigenvalue weighted by molar-refractivity contribution is 6.08. The SMILES string of the molecule is C1=CNN=C(c2ccccc2)C=C1. The molecule has 0 fully saturated rings. The fourth-order valence-electron chi connectivity index (χ4n) is 1.16. The molecule has 0 saturated carbocycles. The standard InChI is InChI=1S/C11H10N2/c1-2-6-10(7-3-1)11-8-4-5-9-12-13-11/h1-9,12H. The van der Waals surface area contributed by atoms with Crippen molar-refractivity contribution in [3.63, 3.8) is 0 Å². The first-order chi connectivity index (χ1) is 6.47. The lowest BCUT2D eigenvalue weighted by atomic mass is 10.1. The minimum absolute atomic E-state index is 0.950. The molecular weight excluding hydrogens is 160 g/mol. The summed E-state index contributed by atoms with van der Waals surface area (Å²) in [6.07, 6.45) is 7.66. The van der Waals surface area contributed by atoms with Crippen LogP contribution in [0.15, 0.2) is 59.9 Å². The third-order valence-electron chi connectivity index (χ3n) is 1.79. The van der Waals surface area contributed by atoms with Crippen molar-refractivity contribution in [1.29, 1.82) is 0 Å². The van der Waals surface area contributed by atoms with Crippen LogP contribution in [0.4, 0.5) is 0 Å². The second-order valence-corrected chi connectivity index (χ2v) is 2.71. The summed E-state index contributed by atoms with van der Waals surface area (Å²) < 4.78 is 0. The minimum Gasteiger partial charge on any atom is -0.285 e. The van der Waals surface area contributed by atoms with Crippen molar-refractivity contribution >= 4 is 5.71 Å². The van der Waals surface area contributed by atoms with Gasteiger partial charge in [-0.05, 0) is 12.2 Å². The van der Waals surface area contributed by atoms with E-state index < -0.39 is 0 Å². The summed E-state index contributed by atoms with van der Waals surface area (Å²) in [6.45, 7) is 0. The zero-order chi connectivity index (χ0) is 8.93. The molecule has 1 heterocycles. The molecule has 0 radical (unpaired) electrons. The third-order valence-corrected chi connectivity index (χ3v) is 1.79. The largest absolute Gasteiger partial charge is 0.285 e. The van der Waals surface area contributed by atoms with E-state index in [9.17, 15) is 0 Å². The predicted octanol–water partition coefficient (Wildman–Crippen LogP) is 2.06. The molecule has 1 aliphatic heterocycles. The van der Waals surface area contributed by atoms with E-state index >= 15 is 0 Å². The molecule has 0 unspecified atom stereocenters. The Morgan fingerprint density at radius 3 is 2.69 bits per heavy atom. The van der Waals surface area contributed by atoms with Gasteiger partial charge in [0.25, 0.3) is 0 Å². The maximum atomic E-state index is 4.19. The molecule has 1 aromatic rings. The zero-order valence-electron chi connectivity index (χ0n) is 7.14. The summed E-state index contributed by atoms with van der Waals surface area (Å²) in [5.41, 5.74) is 4.91. The lowest BCUT2D eigenvalue weighted by molar-refractivity contribution is 0.972. The van der Waals surface area contributed by atoms with E-state index in [-0.39, 0.29) is 0 Å². The Labute approximate surface area is 77.3 Å². The maximum Gasteiger partial charge on any atom is 0.0905 e. The van der Waals surface area contributed by atoms with Crippen molar-refractivity contribution in [3.05, 3.63) is 60.3 Å². The second-order valence-electron chi connectivity index (χ2n) is 2.71. The molecule has 2 rings (SSSR count). The molecule has 0 saturated heterocycles. The summed E-state index contributed by atoms with van der Waals surface area (Å²) in [7, 11) is 0. The van der Waals surface area contributed by atoms with Gasteiger partial charge in [-0.15, -0.1) is 0 Å². The summed E-state index contributed by atoms with van der Waals surface area (Å²) in [6, 6.07) is 10.1. The van der Waals surface area contributed by atoms with Gasteiger partial charge in [0, 0.05) is 11.8 Å². The van der Waals surface area contributed by atoms with E-state index in [4.69, 9.17) is 0 Å². The summed E-state index contributed by atoms with van der Waals surface area (Å²) in [5.74, 6) is 0. The van der Waals surface area contributed by atoms with Gasteiger partial charge in [-0.25, -0.2) is 0 Å². The number of nitrogens with one attached hydrogen (secondary N) is 1. The molecule has 0 aromatic heterocycles. The van der Waals surface area contributed by atoms with Gasteiger partial charge in [-0.1, -0.05) is 36.4 Å². The number of hydrazone groups is 1. The number of hydrogen-bond acceptors (Lipinski definition) is 2. The highest BCUT2D eigenvalue weighted by Crippen LogP contribution is 2.03.